The molecular formula is C28H39N3. The highest BCUT2D eigenvalue weighted by Crippen LogP contribution is 2.20. The molecule has 0 saturated carbocycles. The molecule has 0 radical (unpaired) electrons. The van der Waals surface area contributed by atoms with Gasteiger partial charge in [-0.05, 0) is 73.7 Å². The molecule has 1 aromatic rings. The summed E-state index contributed by atoms with van der Waals surface area (Å²) in [5.41, 5.74) is 6.07. The Hall–Kier alpha value is -2.81. The summed E-state index contributed by atoms with van der Waals surface area (Å²) in [6.45, 7) is 14.8. The highest BCUT2D eigenvalue weighted by atomic mass is 15.2. The molecule has 0 fully saturated rings. The second-order valence-corrected chi connectivity index (χ2v) is 8.46. The molecule has 1 atom stereocenters. The van der Waals surface area contributed by atoms with Gasteiger partial charge >= 0.3 is 0 Å². The zero-order chi connectivity index (χ0) is 22.6. The molecule has 3 heteroatoms. The van der Waals surface area contributed by atoms with Gasteiger partial charge in [0.05, 0.1) is 5.70 Å². The van der Waals surface area contributed by atoms with E-state index in [1.54, 1.807) is 0 Å². The first-order valence-corrected chi connectivity index (χ1v) is 11.5. The first-order chi connectivity index (χ1) is 15.0. The Labute approximate surface area is 189 Å². The molecule has 2 aliphatic rings. The van der Waals surface area contributed by atoms with Crippen molar-refractivity contribution < 1.29 is 0 Å². The summed E-state index contributed by atoms with van der Waals surface area (Å²) in [5.74, 6) is 1.84. The Morgan fingerprint density at radius 3 is 2.71 bits per heavy atom. The standard InChI is InChI=1S/C22H25N3.C6H14/c1-4-6-8-17(5-2)12-13-18-11-10-16(3)19(15-18)21-24-20-9-7-14-23-22(20)25-21;1-4-5-6(2)3/h4-11,14-15,22-23H,2,12-13H2,1,3H3,(H,24,25);6H,4-5H2,1-3H3/b6-4-,17-8+;. The lowest BCUT2D eigenvalue weighted by Gasteiger charge is -2.12. The van der Waals surface area contributed by atoms with Crippen molar-refractivity contribution in [1.29, 1.82) is 0 Å². The van der Waals surface area contributed by atoms with Crippen molar-refractivity contribution in [3.63, 3.8) is 0 Å². The maximum atomic E-state index is 4.77. The molecule has 0 aromatic heterocycles. The van der Waals surface area contributed by atoms with Crippen LogP contribution in [-0.4, -0.2) is 12.0 Å². The molecule has 2 aliphatic heterocycles. The molecule has 2 heterocycles. The van der Waals surface area contributed by atoms with E-state index in [0.29, 0.717) is 0 Å². The number of rotatable bonds is 8. The van der Waals surface area contributed by atoms with Crippen molar-refractivity contribution in [3.05, 3.63) is 95.4 Å². The van der Waals surface area contributed by atoms with E-state index >= 15 is 0 Å². The van der Waals surface area contributed by atoms with Crippen LogP contribution in [0.1, 0.15) is 63.6 Å². The molecule has 3 rings (SSSR count). The van der Waals surface area contributed by atoms with Gasteiger partial charge in [0.2, 0.25) is 0 Å². The molecular weight excluding hydrogens is 378 g/mol. The number of allylic oxidation sites excluding steroid dienone is 7. The molecule has 0 amide bonds. The lowest BCUT2D eigenvalue weighted by molar-refractivity contribution is 0.576. The second-order valence-electron chi connectivity index (χ2n) is 8.46. The average Bonchev–Trinajstić information content (AvgIpc) is 3.19. The third-order valence-corrected chi connectivity index (χ3v) is 5.33. The fourth-order valence-electron chi connectivity index (χ4n) is 3.55. The van der Waals surface area contributed by atoms with Crippen LogP contribution in [0.4, 0.5) is 0 Å². The summed E-state index contributed by atoms with van der Waals surface area (Å²) in [4.78, 5) is 4.77. The van der Waals surface area contributed by atoms with E-state index < -0.39 is 0 Å². The second kappa shape index (κ2) is 12.8. The van der Waals surface area contributed by atoms with Gasteiger partial charge in [-0.2, -0.15) is 0 Å². The number of nitrogens with zero attached hydrogens (tertiary/aromatic N) is 1. The number of aliphatic imine (C=N–C) groups is 1. The van der Waals surface area contributed by atoms with Gasteiger partial charge in [-0.15, -0.1) is 0 Å². The van der Waals surface area contributed by atoms with E-state index in [2.05, 4.69) is 81.3 Å². The summed E-state index contributed by atoms with van der Waals surface area (Å²) < 4.78 is 0. The van der Waals surface area contributed by atoms with Crippen LogP contribution >= 0.6 is 0 Å². The third-order valence-electron chi connectivity index (χ3n) is 5.33. The van der Waals surface area contributed by atoms with Gasteiger partial charge in [-0.1, -0.05) is 76.6 Å². The highest BCUT2D eigenvalue weighted by molar-refractivity contribution is 6.03. The summed E-state index contributed by atoms with van der Waals surface area (Å²) in [6.07, 6.45) is 18.8. The van der Waals surface area contributed by atoms with E-state index in [-0.39, 0.29) is 6.17 Å². The number of aryl methyl sites for hydroxylation is 2. The Morgan fingerprint density at radius 2 is 2.10 bits per heavy atom. The van der Waals surface area contributed by atoms with Gasteiger partial charge in [-0.3, -0.25) is 0 Å². The summed E-state index contributed by atoms with van der Waals surface area (Å²) in [7, 11) is 0. The van der Waals surface area contributed by atoms with Gasteiger partial charge in [0.1, 0.15) is 5.84 Å². The number of hydrogen-bond acceptors (Lipinski definition) is 3. The molecule has 3 nitrogen and oxygen atoms in total. The van der Waals surface area contributed by atoms with Gasteiger partial charge in [0, 0.05) is 5.56 Å². The Morgan fingerprint density at radius 1 is 1.29 bits per heavy atom. The molecule has 0 spiro atoms. The maximum absolute atomic E-state index is 4.77. The lowest BCUT2D eigenvalue weighted by atomic mass is 9.99. The Balaban J connectivity index is 0.000000501. The van der Waals surface area contributed by atoms with Gasteiger partial charge in [-0.25, -0.2) is 4.99 Å². The van der Waals surface area contributed by atoms with E-state index in [1.807, 2.05) is 31.4 Å². The van der Waals surface area contributed by atoms with Crippen molar-refractivity contribution in [2.75, 3.05) is 0 Å². The molecule has 0 bridgehead atoms. The molecule has 2 N–H and O–H groups in total. The van der Waals surface area contributed by atoms with Crippen molar-refractivity contribution in [3.8, 4) is 0 Å². The van der Waals surface area contributed by atoms with Crippen molar-refractivity contribution in [2.24, 2.45) is 10.9 Å². The van der Waals surface area contributed by atoms with Crippen LogP contribution in [0.25, 0.3) is 0 Å². The predicted molar refractivity (Wildman–Crippen MR) is 136 cm³/mol. The first-order valence-electron chi connectivity index (χ1n) is 11.5. The van der Waals surface area contributed by atoms with Crippen LogP contribution in [0.2, 0.25) is 0 Å². The van der Waals surface area contributed by atoms with Crippen LogP contribution < -0.4 is 10.6 Å². The van der Waals surface area contributed by atoms with E-state index in [0.717, 1.165) is 30.3 Å². The number of nitrogens with one attached hydrogen (secondary N) is 2. The topological polar surface area (TPSA) is 36.4 Å². The molecule has 1 unspecified atom stereocenters. The number of amidine groups is 1. The zero-order valence-electron chi connectivity index (χ0n) is 19.9. The number of benzene rings is 1. The van der Waals surface area contributed by atoms with E-state index in [9.17, 15) is 0 Å². The minimum atomic E-state index is 0.0131. The van der Waals surface area contributed by atoms with Crippen LogP contribution in [0, 0.1) is 12.8 Å². The molecule has 0 saturated heterocycles. The molecule has 0 aliphatic carbocycles. The number of fused-ring (bicyclic) bond motifs is 1. The van der Waals surface area contributed by atoms with Gasteiger partial charge < -0.3 is 10.6 Å². The Bertz CT molecular complexity index is 882. The van der Waals surface area contributed by atoms with Crippen LogP contribution in [0.3, 0.4) is 0 Å². The molecule has 1 aromatic carbocycles. The van der Waals surface area contributed by atoms with Crippen LogP contribution in [-0.2, 0) is 6.42 Å². The van der Waals surface area contributed by atoms with Crippen molar-refractivity contribution >= 4 is 5.84 Å². The first kappa shape index (κ1) is 24.5. The molecule has 31 heavy (non-hydrogen) atoms. The summed E-state index contributed by atoms with van der Waals surface area (Å²) in [5, 5.41) is 6.70. The fourth-order valence-corrected chi connectivity index (χ4v) is 3.55. The largest absolute Gasteiger partial charge is 0.365 e. The van der Waals surface area contributed by atoms with Crippen molar-refractivity contribution in [2.45, 2.75) is 66.5 Å². The van der Waals surface area contributed by atoms with E-state index in [4.69, 9.17) is 4.99 Å². The SMILES string of the molecule is C=C/C(=C\C=C/C)CCc1ccc(C)c(C2=NC3NC=CC=C3N2)c1.CCCC(C)C. The van der Waals surface area contributed by atoms with Crippen molar-refractivity contribution in [1.82, 2.24) is 10.6 Å². The smallest absolute Gasteiger partial charge is 0.161 e. The molecule has 166 valence electrons. The zero-order valence-corrected chi connectivity index (χ0v) is 19.9. The van der Waals surface area contributed by atoms with Crippen LogP contribution in [0.5, 0.6) is 0 Å². The predicted octanol–water partition coefficient (Wildman–Crippen LogP) is 6.74. The summed E-state index contributed by atoms with van der Waals surface area (Å²) in [6, 6.07) is 6.64. The van der Waals surface area contributed by atoms with Gasteiger partial charge in [0.15, 0.2) is 6.17 Å². The fraction of sp³-hybridized carbons (Fsp3) is 0.393. The minimum absolute atomic E-state index is 0.0131. The third kappa shape index (κ3) is 7.75. The van der Waals surface area contributed by atoms with Gasteiger partial charge in [0.25, 0.3) is 0 Å². The highest BCUT2D eigenvalue weighted by Gasteiger charge is 2.24. The maximum Gasteiger partial charge on any atom is 0.161 e. The number of dihydropyridines is 1. The van der Waals surface area contributed by atoms with E-state index in [1.165, 1.54) is 35.1 Å². The quantitative estimate of drug-likeness (QED) is 0.460. The minimum Gasteiger partial charge on any atom is -0.365 e. The average molecular weight is 418 g/mol. The Kier molecular flexibility index (Phi) is 10.1. The van der Waals surface area contributed by atoms with Crippen LogP contribution in [0.15, 0.2) is 83.7 Å². The monoisotopic (exact) mass is 417 g/mol. The normalized spacial score (nSPS) is 17.4. The number of hydrogen-bond donors (Lipinski definition) is 2. The summed E-state index contributed by atoms with van der Waals surface area (Å²) >= 11 is 0. The lowest BCUT2D eigenvalue weighted by Crippen LogP contribution is -2.28.